The molecule has 0 aliphatic carbocycles. The molecule has 2 heterocycles. The van der Waals surface area contributed by atoms with Crippen molar-refractivity contribution in [1.29, 1.82) is 0 Å². The normalized spacial score (nSPS) is 15.4. The number of hydrogen-bond acceptors (Lipinski definition) is 4. The SMILES string of the molecule is CC[N+]1(CC)Cc2nc3cc([N+](=O)[O-])ccc3[n+]([O-])c2C1.[Br-]. The lowest BCUT2D eigenvalue weighted by Crippen LogP contribution is -3.00. The fraction of sp³-hybridized carbons (Fsp3) is 0.429. The Labute approximate surface area is 138 Å². The van der Waals surface area contributed by atoms with E-state index in [0.29, 0.717) is 29.8 Å². The highest BCUT2D eigenvalue weighted by molar-refractivity contribution is 5.74. The lowest BCUT2D eigenvalue weighted by atomic mass is 10.2. The van der Waals surface area contributed by atoms with Gasteiger partial charge in [-0.15, -0.1) is 0 Å². The Morgan fingerprint density at radius 3 is 2.59 bits per heavy atom. The topological polar surface area (TPSA) is 83.0 Å². The molecule has 0 N–H and O–H groups in total. The van der Waals surface area contributed by atoms with Gasteiger partial charge in [0.05, 0.1) is 18.0 Å². The summed E-state index contributed by atoms with van der Waals surface area (Å²) in [4.78, 5) is 14.9. The predicted molar refractivity (Wildman–Crippen MR) is 76.1 cm³/mol. The molecule has 3 rings (SSSR count). The van der Waals surface area contributed by atoms with Crippen LogP contribution in [0.15, 0.2) is 18.2 Å². The molecule has 1 aromatic carbocycles. The van der Waals surface area contributed by atoms with Crippen molar-refractivity contribution in [3.8, 4) is 0 Å². The van der Waals surface area contributed by atoms with Crippen molar-refractivity contribution in [3.05, 3.63) is 44.9 Å². The number of benzene rings is 1. The van der Waals surface area contributed by atoms with Gasteiger partial charge in [-0.3, -0.25) is 10.1 Å². The van der Waals surface area contributed by atoms with E-state index in [2.05, 4.69) is 18.8 Å². The van der Waals surface area contributed by atoms with E-state index in [1.807, 2.05) is 0 Å². The molecule has 1 aliphatic rings. The molecule has 0 atom stereocenters. The molecule has 0 fully saturated rings. The third kappa shape index (κ3) is 2.42. The summed E-state index contributed by atoms with van der Waals surface area (Å²) < 4.78 is 1.70. The maximum atomic E-state index is 12.5. The van der Waals surface area contributed by atoms with Gasteiger partial charge in [-0.2, -0.15) is 4.73 Å². The van der Waals surface area contributed by atoms with Gasteiger partial charge in [0.2, 0.25) is 5.52 Å². The second-order valence-electron chi connectivity index (χ2n) is 5.52. The molecule has 7 nitrogen and oxygen atoms in total. The number of hydrogen-bond donors (Lipinski definition) is 0. The van der Waals surface area contributed by atoms with E-state index in [0.717, 1.165) is 28.0 Å². The zero-order chi connectivity index (χ0) is 15.2. The standard InChI is InChI=1S/C14H17N4O3.BrH/c1-3-18(4-2)8-12-14(9-18)16(19)13-6-5-10(17(20)21)7-11(13)15-12;/h5-7H,3-4,8-9H2,1-2H3;1H/q+1;/p-1. The molecular formula is C14H17BrN4O3. The number of fused-ring (bicyclic) bond motifs is 2. The van der Waals surface area contributed by atoms with Crippen molar-refractivity contribution in [2.75, 3.05) is 13.1 Å². The lowest BCUT2D eigenvalue weighted by molar-refractivity contribution is -0.947. The summed E-state index contributed by atoms with van der Waals surface area (Å²) in [5.41, 5.74) is 2.21. The van der Waals surface area contributed by atoms with Crippen LogP contribution in [0.3, 0.4) is 0 Å². The molecule has 2 aromatic rings. The van der Waals surface area contributed by atoms with Crippen LogP contribution in [0.5, 0.6) is 0 Å². The Morgan fingerprint density at radius 1 is 1.32 bits per heavy atom. The zero-order valence-electron chi connectivity index (χ0n) is 12.5. The van der Waals surface area contributed by atoms with Gasteiger partial charge in [-0.05, 0) is 13.8 Å². The largest absolute Gasteiger partial charge is 1.00 e. The number of nitrogens with zero attached hydrogens (tertiary/aromatic N) is 4. The van der Waals surface area contributed by atoms with Gasteiger partial charge >= 0.3 is 0 Å². The highest BCUT2D eigenvalue weighted by atomic mass is 79.9. The second-order valence-corrected chi connectivity index (χ2v) is 5.52. The predicted octanol–water partition coefficient (Wildman–Crippen LogP) is -1.35. The van der Waals surface area contributed by atoms with Gasteiger partial charge in [-0.1, -0.05) is 0 Å². The summed E-state index contributed by atoms with van der Waals surface area (Å²) in [6.45, 7) is 7.46. The van der Waals surface area contributed by atoms with Crippen LogP contribution in [0.25, 0.3) is 11.0 Å². The Bertz CT molecular complexity index is 746. The second kappa shape index (κ2) is 5.77. The summed E-state index contributed by atoms with van der Waals surface area (Å²) in [5, 5.41) is 23.4. The van der Waals surface area contributed by atoms with Gasteiger partial charge < -0.3 is 26.7 Å². The van der Waals surface area contributed by atoms with Crippen LogP contribution < -0.4 is 21.7 Å². The molecule has 0 bridgehead atoms. The van der Waals surface area contributed by atoms with Crippen LogP contribution >= 0.6 is 0 Å². The van der Waals surface area contributed by atoms with E-state index in [1.165, 1.54) is 18.2 Å². The Morgan fingerprint density at radius 2 is 2.00 bits per heavy atom. The first-order valence-corrected chi connectivity index (χ1v) is 7.04. The van der Waals surface area contributed by atoms with Crippen LogP contribution in [-0.4, -0.2) is 27.5 Å². The van der Waals surface area contributed by atoms with E-state index >= 15 is 0 Å². The summed E-state index contributed by atoms with van der Waals surface area (Å²) in [7, 11) is 0. The fourth-order valence-electron chi connectivity index (χ4n) is 3.00. The molecule has 0 spiro atoms. The average Bonchev–Trinajstić information content (AvgIpc) is 2.86. The van der Waals surface area contributed by atoms with Gasteiger partial charge in [0, 0.05) is 18.2 Å². The van der Waals surface area contributed by atoms with Crippen LogP contribution in [0.2, 0.25) is 0 Å². The minimum absolute atomic E-state index is 0. The first-order chi connectivity index (χ1) is 9.99. The lowest BCUT2D eigenvalue weighted by Gasteiger charge is -2.30. The zero-order valence-corrected chi connectivity index (χ0v) is 14.0. The Balaban J connectivity index is 0.00000176. The number of quaternary nitrogens is 1. The van der Waals surface area contributed by atoms with E-state index in [9.17, 15) is 15.3 Å². The molecule has 8 heteroatoms. The molecule has 118 valence electrons. The number of nitro benzene ring substituents is 1. The fourth-order valence-corrected chi connectivity index (χ4v) is 3.00. The van der Waals surface area contributed by atoms with Crippen LogP contribution in [-0.2, 0) is 13.1 Å². The van der Waals surface area contributed by atoms with E-state index in [4.69, 9.17) is 0 Å². The Kier molecular flexibility index (Phi) is 4.35. The van der Waals surface area contributed by atoms with Crippen LogP contribution in [0.1, 0.15) is 25.2 Å². The molecule has 1 aromatic heterocycles. The highest BCUT2D eigenvalue weighted by Crippen LogP contribution is 2.28. The average molecular weight is 369 g/mol. The highest BCUT2D eigenvalue weighted by Gasteiger charge is 2.40. The molecule has 0 saturated heterocycles. The number of nitro groups is 1. The first-order valence-electron chi connectivity index (χ1n) is 7.04. The molecule has 1 aliphatic heterocycles. The summed E-state index contributed by atoms with van der Waals surface area (Å²) in [5.74, 6) is 0. The quantitative estimate of drug-likeness (QED) is 0.220. The van der Waals surface area contributed by atoms with Gasteiger partial charge in [-0.25, -0.2) is 4.98 Å². The number of aromatic nitrogens is 2. The summed E-state index contributed by atoms with van der Waals surface area (Å²) in [6.07, 6.45) is 0. The van der Waals surface area contributed by atoms with Crippen LogP contribution in [0.4, 0.5) is 5.69 Å². The Hall–Kier alpha value is -1.80. The van der Waals surface area contributed by atoms with E-state index in [1.54, 1.807) is 0 Å². The van der Waals surface area contributed by atoms with Crippen molar-refractivity contribution >= 4 is 16.7 Å². The minimum Gasteiger partial charge on any atom is -1.00 e. The molecule has 0 radical (unpaired) electrons. The smallest absolute Gasteiger partial charge is 0.275 e. The molecule has 0 unspecified atom stereocenters. The van der Waals surface area contributed by atoms with Crippen molar-refractivity contribution in [2.45, 2.75) is 26.9 Å². The van der Waals surface area contributed by atoms with Gasteiger partial charge in [0.1, 0.15) is 12.1 Å². The first kappa shape index (κ1) is 16.6. The molecule has 0 saturated carbocycles. The molecule has 22 heavy (non-hydrogen) atoms. The third-order valence-corrected chi connectivity index (χ3v) is 4.53. The summed E-state index contributed by atoms with van der Waals surface area (Å²) >= 11 is 0. The number of non-ortho nitro benzene ring substituents is 1. The summed E-state index contributed by atoms with van der Waals surface area (Å²) in [6, 6.07) is 4.20. The third-order valence-electron chi connectivity index (χ3n) is 4.53. The minimum atomic E-state index is -0.470. The van der Waals surface area contributed by atoms with Crippen molar-refractivity contribution in [2.24, 2.45) is 0 Å². The monoisotopic (exact) mass is 368 g/mol. The van der Waals surface area contributed by atoms with E-state index in [-0.39, 0.29) is 22.7 Å². The molecule has 0 amide bonds. The van der Waals surface area contributed by atoms with Crippen molar-refractivity contribution in [1.82, 2.24) is 4.98 Å². The van der Waals surface area contributed by atoms with Gasteiger partial charge in [0.25, 0.3) is 11.4 Å². The maximum Gasteiger partial charge on any atom is 0.275 e. The maximum absolute atomic E-state index is 12.5. The van der Waals surface area contributed by atoms with Gasteiger partial charge in [0.15, 0.2) is 12.2 Å². The van der Waals surface area contributed by atoms with E-state index < -0.39 is 4.92 Å². The van der Waals surface area contributed by atoms with Crippen LogP contribution in [0, 0.1) is 15.3 Å². The van der Waals surface area contributed by atoms with Crippen molar-refractivity contribution in [3.63, 3.8) is 0 Å². The van der Waals surface area contributed by atoms with Crippen molar-refractivity contribution < 1.29 is 31.1 Å². The number of halogens is 1. The molecular weight excluding hydrogens is 352 g/mol. The number of rotatable bonds is 3.